The van der Waals surface area contributed by atoms with Gasteiger partial charge in [-0.15, -0.1) is 11.3 Å². The van der Waals surface area contributed by atoms with E-state index in [1.165, 1.54) is 10.1 Å². The van der Waals surface area contributed by atoms with Crippen molar-refractivity contribution in [3.05, 3.63) is 66.0 Å². The Kier molecular flexibility index (Phi) is 2.75. The van der Waals surface area contributed by atoms with Crippen LogP contribution in [0.2, 0.25) is 0 Å². The molecule has 0 bridgehead atoms. The highest BCUT2D eigenvalue weighted by Gasteiger charge is 2.09. The Bertz CT molecular complexity index is 981. The minimum Gasteiger partial charge on any atom is -0.455 e. The molecule has 0 saturated heterocycles. The smallest absolute Gasteiger partial charge is 0.146 e. The Balaban J connectivity index is 2.02. The van der Waals surface area contributed by atoms with E-state index >= 15 is 0 Å². The predicted molar refractivity (Wildman–Crippen MR) is 84.4 cm³/mol. The van der Waals surface area contributed by atoms with Crippen LogP contribution in [0.15, 0.2) is 70.2 Å². The van der Waals surface area contributed by atoms with Gasteiger partial charge in [0, 0.05) is 16.2 Å². The van der Waals surface area contributed by atoms with Crippen LogP contribution in [-0.4, -0.2) is 5.21 Å². The molecule has 1 N–H and O–H groups in total. The lowest BCUT2D eigenvalue weighted by atomic mass is 10.2. The molecule has 0 amide bonds. The number of fused-ring (bicyclic) bond motifs is 2. The van der Waals surface area contributed by atoms with Crippen LogP contribution >= 0.6 is 11.3 Å². The maximum absolute atomic E-state index is 9.23. The molecule has 0 aliphatic carbocycles. The fourth-order valence-electron chi connectivity index (χ4n) is 2.42. The molecule has 0 saturated carbocycles. The van der Waals surface area contributed by atoms with Crippen molar-refractivity contribution < 1.29 is 9.62 Å². The summed E-state index contributed by atoms with van der Waals surface area (Å²) in [5.41, 5.74) is 0.709. The largest absolute Gasteiger partial charge is 0.455 e. The third-order valence-corrected chi connectivity index (χ3v) is 4.56. The van der Waals surface area contributed by atoms with Crippen molar-refractivity contribution in [2.24, 2.45) is 5.16 Å². The highest BCUT2D eigenvalue weighted by molar-refractivity contribution is 7.22. The zero-order valence-electron chi connectivity index (χ0n) is 11.0. The number of thiophene rings is 1. The first kappa shape index (κ1) is 12.2. The van der Waals surface area contributed by atoms with Crippen molar-refractivity contribution in [3.8, 4) is 10.6 Å². The third-order valence-electron chi connectivity index (χ3n) is 3.43. The van der Waals surface area contributed by atoms with Crippen LogP contribution in [0.25, 0.3) is 31.7 Å². The molecule has 0 atom stereocenters. The molecule has 4 heteroatoms. The van der Waals surface area contributed by atoms with Crippen LogP contribution < -0.4 is 5.36 Å². The second-order valence-corrected chi connectivity index (χ2v) is 5.82. The molecule has 102 valence electrons. The number of rotatable bonds is 1. The van der Waals surface area contributed by atoms with Gasteiger partial charge in [0.15, 0.2) is 0 Å². The summed E-state index contributed by atoms with van der Waals surface area (Å²) in [5, 5.41) is 15.1. The first-order valence-corrected chi connectivity index (χ1v) is 7.37. The molecule has 2 aromatic heterocycles. The molecule has 0 radical (unpaired) electrons. The summed E-state index contributed by atoms with van der Waals surface area (Å²) < 4.78 is 7.17. The molecule has 0 spiro atoms. The monoisotopic (exact) mass is 293 g/mol. The predicted octanol–water partition coefficient (Wildman–Crippen LogP) is 4.60. The third kappa shape index (κ3) is 2.00. The van der Waals surface area contributed by atoms with Gasteiger partial charge in [-0.25, -0.2) is 0 Å². The van der Waals surface area contributed by atoms with Gasteiger partial charge in [-0.3, -0.25) is 0 Å². The summed E-state index contributed by atoms with van der Waals surface area (Å²) >= 11 is 1.66. The first-order valence-electron chi connectivity index (χ1n) is 6.55. The lowest BCUT2D eigenvalue weighted by Gasteiger charge is -2.01. The fraction of sp³-hybridized carbons (Fsp3) is 0. The van der Waals surface area contributed by atoms with Gasteiger partial charge in [-0.2, -0.15) is 0 Å². The molecular formula is C17H11NO2S. The fourth-order valence-corrected chi connectivity index (χ4v) is 3.44. The van der Waals surface area contributed by atoms with E-state index in [1.54, 1.807) is 17.4 Å². The van der Waals surface area contributed by atoms with Gasteiger partial charge >= 0.3 is 0 Å². The van der Waals surface area contributed by atoms with Crippen LogP contribution in [0.3, 0.4) is 0 Å². The van der Waals surface area contributed by atoms with E-state index in [1.807, 2.05) is 36.4 Å². The minimum absolute atomic E-state index is 0.518. The topological polar surface area (TPSA) is 45.7 Å². The van der Waals surface area contributed by atoms with Gasteiger partial charge < -0.3 is 9.62 Å². The van der Waals surface area contributed by atoms with Gasteiger partial charge in [0.05, 0.1) is 4.88 Å². The van der Waals surface area contributed by atoms with E-state index in [9.17, 15) is 5.21 Å². The summed E-state index contributed by atoms with van der Waals surface area (Å²) in [6, 6.07) is 19.6. The average molecular weight is 293 g/mol. The van der Waals surface area contributed by atoms with Gasteiger partial charge in [0.2, 0.25) is 0 Å². The average Bonchev–Trinajstić information content (AvgIpc) is 2.98. The van der Waals surface area contributed by atoms with E-state index in [2.05, 4.69) is 23.4 Å². The van der Waals surface area contributed by atoms with Crippen molar-refractivity contribution >= 4 is 32.4 Å². The van der Waals surface area contributed by atoms with Gasteiger partial charge in [0.25, 0.3) is 0 Å². The Hall–Kier alpha value is -2.59. The zero-order valence-corrected chi connectivity index (χ0v) is 11.8. The summed E-state index contributed by atoms with van der Waals surface area (Å²) in [4.78, 5) is 1.02. The SMILES string of the molecule is O/N=c1\cc(-c2cc3ccccc3s2)oc2ccccc12. The number of nitrogens with zero attached hydrogens (tertiary/aromatic N) is 1. The summed E-state index contributed by atoms with van der Waals surface area (Å²) in [6.07, 6.45) is 0. The standard InChI is InChI=1S/C17H11NO2S/c19-18-13-10-15(20-14-7-3-2-6-12(13)14)17-9-11-5-1-4-8-16(11)21-17/h1-10,19H/b18-13+. The van der Waals surface area contributed by atoms with Gasteiger partial charge in [-0.05, 0) is 29.7 Å². The van der Waals surface area contributed by atoms with Gasteiger partial charge in [0.1, 0.15) is 16.7 Å². The van der Waals surface area contributed by atoms with Crippen molar-refractivity contribution in [3.63, 3.8) is 0 Å². The second-order valence-electron chi connectivity index (χ2n) is 4.74. The van der Waals surface area contributed by atoms with E-state index < -0.39 is 0 Å². The summed E-state index contributed by atoms with van der Waals surface area (Å²) in [7, 11) is 0. The molecule has 3 nitrogen and oxygen atoms in total. The molecular weight excluding hydrogens is 282 g/mol. The minimum atomic E-state index is 0.518. The maximum Gasteiger partial charge on any atom is 0.146 e. The number of hydrogen-bond donors (Lipinski definition) is 1. The Labute approximate surface area is 124 Å². The molecule has 0 aliphatic rings. The quantitative estimate of drug-likeness (QED) is 0.411. The number of hydrogen-bond acceptors (Lipinski definition) is 4. The highest BCUT2D eigenvalue weighted by Crippen LogP contribution is 2.33. The molecule has 2 aromatic carbocycles. The first-order chi connectivity index (χ1) is 10.3. The van der Waals surface area contributed by atoms with Crippen LogP contribution in [0, 0.1) is 0 Å². The second kappa shape index (κ2) is 4.75. The molecule has 4 rings (SSSR count). The van der Waals surface area contributed by atoms with E-state index in [4.69, 9.17) is 4.42 Å². The van der Waals surface area contributed by atoms with Crippen molar-refractivity contribution in [2.45, 2.75) is 0 Å². The Morgan fingerprint density at radius 3 is 2.62 bits per heavy atom. The van der Waals surface area contributed by atoms with Crippen LogP contribution in [0.5, 0.6) is 0 Å². The maximum atomic E-state index is 9.23. The van der Waals surface area contributed by atoms with E-state index in [0.29, 0.717) is 16.7 Å². The number of para-hydroxylation sites is 1. The van der Waals surface area contributed by atoms with E-state index in [0.717, 1.165) is 10.3 Å². The van der Waals surface area contributed by atoms with Crippen LogP contribution in [-0.2, 0) is 0 Å². The molecule has 0 aliphatic heterocycles. The molecule has 4 aromatic rings. The molecule has 2 heterocycles. The van der Waals surface area contributed by atoms with Crippen molar-refractivity contribution in [1.82, 2.24) is 0 Å². The highest BCUT2D eigenvalue weighted by atomic mass is 32.1. The Morgan fingerprint density at radius 2 is 1.76 bits per heavy atom. The normalized spacial score (nSPS) is 12.3. The summed E-state index contributed by atoms with van der Waals surface area (Å²) in [5.74, 6) is 0.711. The van der Waals surface area contributed by atoms with Crippen molar-refractivity contribution in [1.29, 1.82) is 0 Å². The zero-order chi connectivity index (χ0) is 14.2. The molecule has 0 fully saturated rings. The van der Waals surface area contributed by atoms with Crippen LogP contribution in [0.1, 0.15) is 0 Å². The lowest BCUT2D eigenvalue weighted by Crippen LogP contribution is -2.02. The Morgan fingerprint density at radius 1 is 0.952 bits per heavy atom. The van der Waals surface area contributed by atoms with Gasteiger partial charge in [-0.1, -0.05) is 35.5 Å². The van der Waals surface area contributed by atoms with Crippen molar-refractivity contribution in [2.75, 3.05) is 0 Å². The van der Waals surface area contributed by atoms with E-state index in [-0.39, 0.29) is 0 Å². The summed E-state index contributed by atoms with van der Waals surface area (Å²) in [6.45, 7) is 0. The lowest BCUT2D eigenvalue weighted by molar-refractivity contribution is 0.302. The van der Waals surface area contributed by atoms with Crippen LogP contribution in [0.4, 0.5) is 0 Å². The molecule has 0 unspecified atom stereocenters. The molecule has 21 heavy (non-hydrogen) atoms. The number of benzene rings is 2.